The van der Waals surface area contributed by atoms with Crippen molar-refractivity contribution >= 4 is 11.9 Å². The number of rotatable bonds is 4. The van der Waals surface area contributed by atoms with Crippen molar-refractivity contribution in [1.82, 2.24) is 0 Å². The van der Waals surface area contributed by atoms with E-state index in [4.69, 9.17) is 0 Å². The Kier molecular flexibility index (Phi) is 4.08. The highest BCUT2D eigenvalue weighted by molar-refractivity contribution is 6.06. The van der Waals surface area contributed by atoms with Gasteiger partial charge < -0.3 is 0 Å². The molecule has 0 aromatic heterocycles. The molecular formula is C17H16O. The average molecular weight is 236 g/mol. The lowest BCUT2D eigenvalue weighted by Crippen LogP contribution is -1.92. The minimum absolute atomic E-state index is 0.0372. The van der Waals surface area contributed by atoms with Gasteiger partial charge in [0.05, 0.1) is 0 Å². The van der Waals surface area contributed by atoms with Gasteiger partial charge >= 0.3 is 0 Å². The summed E-state index contributed by atoms with van der Waals surface area (Å²) in [6.07, 6.45) is 4.51. The molecule has 0 amide bonds. The summed E-state index contributed by atoms with van der Waals surface area (Å²) < 4.78 is 0. The van der Waals surface area contributed by atoms with Crippen LogP contribution in [0.2, 0.25) is 0 Å². The smallest absolute Gasteiger partial charge is 0.185 e. The number of allylic oxidation sites excluding steroid dienone is 1. The minimum atomic E-state index is 0.0372. The number of hydrogen-bond acceptors (Lipinski definition) is 1. The van der Waals surface area contributed by atoms with Crippen LogP contribution < -0.4 is 0 Å². The summed E-state index contributed by atoms with van der Waals surface area (Å²) in [6.45, 7) is 2.13. The van der Waals surface area contributed by atoms with Crippen LogP contribution in [-0.2, 0) is 6.42 Å². The van der Waals surface area contributed by atoms with Crippen LogP contribution in [0.15, 0.2) is 60.7 Å². The summed E-state index contributed by atoms with van der Waals surface area (Å²) in [5, 5.41) is 0. The molecule has 0 aliphatic carbocycles. The predicted molar refractivity (Wildman–Crippen MR) is 75.6 cm³/mol. The van der Waals surface area contributed by atoms with E-state index in [2.05, 4.69) is 19.1 Å². The molecule has 1 nitrogen and oxygen atoms in total. The van der Waals surface area contributed by atoms with Crippen molar-refractivity contribution in [1.29, 1.82) is 0 Å². The maximum Gasteiger partial charge on any atom is 0.185 e. The van der Waals surface area contributed by atoms with E-state index in [1.165, 1.54) is 5.56 Å². The second kappa shape index (κ2) is 5.97. The van der Waals surface area contributed by atoms with E-state index in [9.17, 15) is 4.79 Å². The van der Waals surface area contributed by atoms with Gasteiger partial charge in [-0.15, -0.1) is 0 Å². The molecule has 0 unspecified atom stereocenters. The summed E-state index contributed by atoms with van der Waals surface area (Å²) in [5.41, 5.74) is 3.08. The Balaban J connectivity index is 2.08. The summed E-state index contributed by atoms with van der Waals surface area (Å²) in [7, 11) is 0. The number of carbonyl (C=O) groups excluding carboxylic acids is 1. The molecule has 0 saturated heterocycles. The first-order valence-corrected chi connectivity index (χ1v) is 6.16. The number of aryl methyl sites for hydroxylation is 1. The zero-order valence-corrected chi connectivity index (χ0v) is 10.5. The summed E-state index contributed by atoms with van der Waals surface area (Å²) in [4.78, 5) is 11.9. The zero-order valence-electron chi connectivity index (χ0n) is 10.5. The van der Waals surface area contributed by atoms with Gasteiger partial charge in [0.2, 0.25) is 0 Å². The molecule has 0 aliphatic heterocycles. The quantitative estimate of drug-likeness (QED) is 0.576. The van der Waals surface area contributed by atoms with Crippen LogP contribution in [0.25, 0.3) is 6.08 Å². The Labute approximate surface area is 108 Å². The molecule has 2 aromatic rings. The van der Waals surface area contributed by atoms with Crippen LogP contribution in [-0.4, -0.2) is 5.78 Å². The van der Waals surface area contributed by atoms with Crippen molar-refractivity contribution in [3.8, 4) is 0 Å². The molecule has 0 spiro atoms. The van der Waals surface area contributed by atoms with Gasteiger partial charge in [-0.1, -0.05) is 67.6 Å². The van der Waals surface area contributed by atoms with Crippen molar-refractivity contribution in [3.63, 3.8) is 0 Å². The molecule has 0 fully saturated rings. The largest absolute Gasteiger partial charge is 0.289 e. The molecule has 0 radical (unpaired) electrons. The molecule has 0 aliphatic rings. The molecule has 0 heterocycles. The van der Waals surface area contributed by atoms with E-state index in [-0.39, 0.29) is 5.78 Å². The highest BCUT2D eigenvalue weighted by Crippen LogP contribution is 2.08. The Hall–Kier alpha value is -2.15. The first kappa shape index (κ1) is 12.3. The third-order valence-corrected chi connectivity index (χ3v) is 2.87. The fourth-order valence-corrected chi connectivity index (χ4v) is 1.74. The van der Waals surface area contributed by atoms with Crippen molar-refractivity contribution in [2.45, 2.75) is 13.3 Å². The van der Waals surface area contributed by atoms with Gasteiger partial charge in [-0.05, 0) is 23.6 Å². The Morgan fingerprint density at radius 1 is 1.00 bits per heavy atom. The van der Waals surface area contributed by atoms with Crippen LogP contribution in [0.4, 0.5) is 0 Å². The monoisotopic (exact) mass is 236 g/mol. The summed E-state index contributed by atoms with van der Waals surface area (Å²) >= 11 is 0. The van der Waals surface area contributed by atoms with Crippen molar-refractivity contribution < 1.29 is 4.79 Å². The molecular weight excluding hydrogens is 220 g/mol. The molecule has 0 atom stereocenters. The predicted octanol–water partition coefficient (Wildman–Crippen LogP) is 4.15. The highest BCUT2D eigenvalue weighted by atomic mass is 16.1. The third-order valence-electron chi connectivity index (χ3n) is 2.87. The first-order valence-electron chi connectivity index (χ1n) is 6.16. The molecule has 18 heavy (non-hydrogen) atoms. The van der Waals surface area contributed by atoms with E-state index in [1.54, 1.807) is 6.08 Å². The van der Waals surface area contributed by atoms with Crippen LogP contribution >= 0.6 is 0 Å². The van der Waals surface area contributed by atoms with Gasteiger partial charge in [0, 0.05) is 5.56 Å². The van der Waals surface area contributed by atoms with Crippen molar-refractivity contribution in [2.24, 2.45) is 0 Å². The van der Waals surface area contributed by atoms with Gasteiger partial charge in [0.1, 0.15) is 0 Å². The maximum atomic E-state index is 11.9. The Morgan fingerprint density at radius 3 is 2.28 bits per heavy atom. The zero-order chi connectivity index (χ0) is 12.8. The van der Waals surface area contributed by atoms with Gasteiger partial charge in [0.15, 0.2) is 5.78 Å². The van der Waals surface area contributed by atoms with E-state index in [0.29, 0.717) is 0 Å². The average Bonchev–Trinajstić information content (AvgIpc) is 2.46. The summed E-state index contributed by atoms with van der Waals surface area (Å²) in [6, 6.07) is 17.6. The Bertz CT molecular complexity index is 536. The van der Waals surface area contributed by atoms with Crippen LogP contribution in [0, 0.1) is 0 Å². The van der Waals surface area contributed by atoms with E-state index >= 15 is 0 Å². The maximum absolute atomic E-state index is 11.9. The standard InChI is InChI=1S/C17H16O/c1-2-14-8-10-15(11-9-14)12-13-17(18)16-6-4-3-5-7-16/h3-13H,2H2,1H3/b13-12-. The Morgan fingerprint density at radius 2 is 1.67 bits per heavy atom. The molecule has 0 bridgehead atoms. The second-order valence-electron chi connectivity index (χ2n) is 4.16. The van der Waals surface area contributed by atoms with Gasteiger partial charge in [0.25, 0.3) is 0 Å². The van der Waals surface area contributed by atoms with Crippen LogP contribution in [0.1, 0.15) is 28.4 Å². The van der Waals surface area contributed by atoms with Gasteiger partial charge in [-0.2, -0.15) is 0 Å². The fourth-order valence-electron chi connectivity index (χ4n) is 1.74. The number of hydrogen-bond donors (Lipinski definition) is 0. The highest BCUT2D eigenvalue weighted by Gasteiger charge is 1.99. The number of carbonyl (C=O) groups is 1. The van der Waals surface area contributed by atoms with Crippen molar-refractivity contribution in [3.05, 3.63) is 77.4 Å². The van der Waals surface area contributed by atoms with Gasteiger partial charge in [-0.25, -0.2) is 0 Å². The lowest BCUT2D eigenvalue weighted by atomic mass is 10.1. The number of benzene rings is 2. The lowest BCUT2D eigenvalue weighted by Gasteiger charge is -1.97. The molecule has 2 rings (SSSR count). The topological polar surface area (TPSA) is 17.1 Å². The normalized spacial score (nSPS) is 10.7. The van der Waals surface area contributed by atoms with Crippen LogP contribution in [0.5, 0.6) is 0 Å². The molecule has 0 saturated carbocycles. The fraction of sp³-hybridized carbons (Fsp3) is 0.118. The molecule has 90 valence electrons. The van der Waals surface area contributed by atoms with E-state index in [0.717, 1.165) is 17.5 Å². The van der Waals surface area contributed by atoms with E-state index < -0.39 is 0 Å². The lowest BCUT2D eigenvalue weighted by molar-refractivity contribution is 0.104. The molecule has 2 aromatic carbocycles. The minimum Gasteiger partial charge on any atom is -0.289 e. The first-order chi connectivity index (χ1) is 8.79. The number of ketones is 1. The molecule has 0 N–H and O–H groups in total. The summed E-state index contributed by atoms with van der Waals surface area (Å²) in [5.74, 6) is 0.0372. The van der Waals surface area contributed by atoms with Crippen LogP contribution in [0.3, 0.4) is 0 Å². The third kappa shape index (κ3) is 3.17. The second-order valence-corrected chi connectivity index (χ2v) is 4.16. The molecule has 1 heteroatoms. The SMILES string of the molecule is CCc1ccc(/C=C\C(=O)c2ccccc2)cc1. The van der Waals surface area contributed by atoms with Crippen molar-refractivity contribution in [2.75, 3.05) is 0 Å². The van der Waals surface area contributed by atoms with Gasteiger partial charge in [-0.3, -0.25) is 4.79 Å². The van der Waals surface area contributed by atoms with E-state index in [1.807, 2.05) is 48.5 Å².